The minimum Gasteiger partial charge on any atom is -0.418 e. The first-order valence-corrected chi connectivity index (χ1v) is 10.3. The molecule has 3 fully saturated rings. The van der Waals surface area contributed by atoms with Crippen LogP contribution in [0.25, 0.3) is 5.69 Å². The molecule has 1 aromatic heterocycles. The van der Waals surface area contributed by atoms with Gasteiger partial charge in [-0.2, -0.15) is 0 Å². The van der Waals surface area contributed by atoms with Gasteiger partial charge in [0.25, 0.3) is 0 Å². The third-order valence-electron chi connectivity index (χ3n) is 7.25. The molecule has 0 spiro atoms. The molecule has 0 saturated heterocycles. The Labute approximate surface area is 171 Å². The molecule has 2 aromatic rings. The SMILES string of the molecule is Cc1cc(C)c(-n2cc[n+](C3C[C@H]4C[C@@H]([C@@H]3C)C4(C)C)c2)c(C)c1.F[B-](F)(F)F. The van der Waals surface area contributed by atoms with Crippen LogP contribution in [0.15, 0.2) is 30.9 Å². The van der Waals surface area contributed by atoms with Crippen molar-refractivity contribution in [2.75, 3.05) is 0 Å². The fourth-order valence-electron chi connectivity index (χ4n) is 5.79. The first kappa shape index (κ1) is 21.9. The lowest BCUT2D eigenvalue weighted by Gasteiger charge is -2.61. The lowest BCUT2D eigenvalue weighted by molar-refractivity contribution is -0.737. The van der Waals surface area contributed by atoms with E-state index >= 15 is 0 Å². The van der Waals surface area contributed by atoms with E-state index in [4.69, 9.17) is 0 Å². The van der Waals surface area contributed by atoms with Gasteiger partial charge in [-0.15, -0.1) is 0 Å². The number of hydrogen-bond acceptors (Lipinski definition) is 0. The zero-order valence-corrected chi connectivity index (χ0v) is 18.1. The van der Waals surface area contributed by atoms with Crippen molar-refractivity contribution >= 4 is 7.25 Å². The van der Waals surface area contributed by atoms with Crippen molar-refractivity contribution in [1.82, 2.24) is 4.57 Å². The first-order chi connectivity index (χ1) is 13.3. The average molecular weight is 410 g/mol. The Kier molecular flexibility index (Phi) is 5.65. The Bertz CT molecular complexity index is 858. The van der Waals surface area contributed by atoms with Crippen LogP contribution in [-0.2, 0) is 0 Å². The predicted molar refractivity (Wildman–Crippen MR) is 109 cm³/mol. The first-order valence-electron chi connectivity index (χ1n) is 10.3. The lowest BCUT2D eigenvalue weighted by atomic mass is 9.44. The molecule has 0 radical (unpaired) electrons. The maximum atomic E-state index is 9.75. The number of fused-ring (bicyclic) bond motifs is 2. The highest BCUT2D eigenvalue weighted by Gasteiger charge is 2.57. The molecule has 1 unspecified atom stereocenters. The lowest BCUT2D eigenvalue weighted by Crippen LogP contribution is -2.60. The fraction of sp³-hybridized carbons (Fsp3) is 0.591. The molecule has 5 rings (SSSR count). The Hall–Kier alpha value is -1.79. The third-order valence-corrected chi connectivity index (χ3v) is 7.25. The molecule has 4 atom stereocenters. The summed E-state index contributed by atoms with van der Waals surface area (Å²) in [6.07, 6.45) is 9.64. The number of benzene rings is 1. The Morgan fingerprint density at radius 3 is 2.07 bits per heavy atom. The Balaban J connectivity index is 0.000000431. The number of imidazole rings is 1. The van der Waals surface area contributed by atoms with Crippen LogP contribution in [0.2, 0.25) is 0 Å². The second-order valence-electron chi connectivity index (χ2n) is 9.53. The second-order valence-corrected chi connectivity index (χ2v) is 9.53. The van der Waals surface area contributed by atoms with E-state index in [1.165, 1.54) is 35.2 Å². The number of rotatable bonds is 2. The van der Waals surface area contributed by atoms with Crippen molar-refractivity contribution in [1.29, 1.82) is 0 Å². The van der Waals surface area contributed by atoms with E-state index in [1.54, 1.807) is 0 Å². The van der Waals surface area contributed by atoms with E-state index in [2.05, 4.69) is 81.5 Å². The summed E-state index contributed by atoms with van der Waals surface area (Å²) in [4.78, 5) is 0. The van der Waals surface area contributed by atoms with E-state index in [0.29, 0.717) is 11.5 Å². The summed E-state index contributed by atoms with van der Waals surface area (Å²) in [5.74, 6) is 2.56. The molecule has 0 aliphatic heterocycles. The van der Waals surface area contributed by atoms with Gasteiger partial charge in [0.05, 0.1) is 0 Å². The van der Waals surface area contributed by atoms with Gasteiger partial charge in [-0.05, 0) is 62.0 Å². The van der Waals surface area contributed by atoms with Crippen molar-refractivity contribution in [3.8, 4) is 5.69 Å². The van der Waals surface area contributed by atoms with Crippen molar-refractivity contribution < 1.29 is 21.8 Å². The minimum absolute atomic E-state index is 0.559. The molecule has 7 heteroatoms. The van der Waals surface area contributed by atoms with Crippen LogP contribution in [0.5, 0.6) is 0 Å². The molecule has 0 amide bonds. The summed E-state index contributed by atoms with van der Waals surface area (Å²) in [6, 6.07) is 5.23. The minimum atomic E-state index is -6.00. The van der Waals surface area contributed by atoms with Gasteiger partial charge in [-0.25, -0.2) is 9.13 Å². The van der Waals surface area contributed by atoms with Crippen LogP contribution in [0.3, 0.4) is 0 Å². The van der Waals surface area contributed by atoms with Crippen LogP contribution in [0, 0.1) is 43.9 Å². The molecule has 3 saturated carbocycles. The van der Waals surface area contributed by atoms with Crippen LogP contribution in [0.1, 0.15) is 56.3 Å². The van der Waals surface area contributed by atoms with Gasteiger partial charge in [0.1, 0.15) is 24.1 Å². The number of aromatic nitrogens is 2. The third kappa shape index (κ3) is 4.38. The van der Waals surface area contributed by atoms with Gasteiger partial charge in [0.2, 0.25) is 6.33 Å². The second kappa shape index (κ2) is 7.48. The maximum Gasteiger partial charge on any atom is 0.673 e. The maximum absolute atomic E-state index is 9.75. The van der Waals surface area contributed by atoms with Crippen molar-refractivity contribution in [3.63, 3.8) is 0 Å². The zero-order valence-electron chi connectivity index (χ0n) is 18.1. The van der Waals surface area contributed by atoms with E-state index < -0.39 is 7.25 Å². The highest BCUT2D eigenvalue weighted by atomic mass is 19.5. The molecular formula is C22H31BF4N2. The van der Waals surface area contributed by atoms with Gasteiger partial charge in [0.15, 0.2) is 0 Å². The van der Waals surface area contributed by atoms with Crippen LogP contribution in [0.4, 0.5) is 17.3 Å². The number of hydrogen-bond donors (Lipinski definition) is 0. The summed E-state index contributed by atoms with van der Waals surface area (Å²) in [7, 11) is -6.00. The van der Waals surface area contributed by atoms with Crippen molar-refractivity contribution in [2.45, 2.75) is 60.4 Å². The molecule has 160 valence electrons. The van der Waals surface area contributed by atoms with Crippen LogP contribution < -0.4 is 4.57 Å². The molecule has 29 heavy (non-hydrogen) atoms. The normalized spacial score (nSPS) is 27.7. The highest BCUT2D eigenvalue weighted by Crippen LogP contribution is 2.63. The monoisotopic (exact) mass is 410 g/mol. The summed E-state index contributed by atoms with van der Waals surface area (Å²) in [6.45, 7) is 14.1. The predicted octanol–water partition coefficient (Wildman–Crippen LogP) is 6.23. The zero-order chi connectivity index (χ0) is 21.7. The molecule has 3 aliphatic carbocycles. The molecule has 3 aliphatic rings. The van der Waals surface area contributed by atoms with Crippen LogP contribution in [-0.4, -0.2) is 11.8 Å². The molecule has 2 bridgehead atoms. The summed E-state index contributed by atoms with van der Waals surface area (Å²) < 4.78 is 43.8. The molecular weight excluding hydrogens is 379 g/mol. The van der Waals surface area contributed by atoms with E-state index in [1.807, 2.05) is 0 Å². The smallest absolute Gasteiger partial charge is 0.418 e. The molecule has 1 heterocycles. The highest BCUT2D eigenvalue weighted by molar-refractivity contribution is 6.50. The number of nitrogens with zero attached hydrogens (tertiary/aromatic N) is 2. The number of aryl methyl sites for hydroxylation is 3. The topological polar surface area (TPSA) is 8.81 Å². The van der Waals surface area contributed by atoms with Gasteiger partial charge >= 0.3 is 7.25 Å². The van der Waals surface area contributed by atoms with Crippen LogP contribution >= 0.6 is 0 Å². The quantitative estimate of drug-likeness (QED) is 0.315. The van der Waals surface area contributed by atoms with Gasteiger partial charge in [-0.1, -0.05) is 38.5 Å². The fourth-order valence-corrected chi connectivity index (χ4v) is 5.79. The Morgan fingerprint density at radius 2 is 1.59 bits per heavy atom. The Morgan fingerprint density at radius 1 is 1.03 bits per heavy atom. The average Bonchev–Trinajstić information content (AvgIpc) is 3.01. The van der Waals surface area contributed by atoms with Gasteiger partial charge in [-0.3, -0.25) is 0 Å². The largest absolute Gasteiger partial charge is 0.673 e. The summed E-state index contributed by atoms with van der Waals surface area (Å²) in [5, 5.41) is 0. The van der Waals surface area contributed by atoms with E-state index in [0.717, 1.165) is 17.8 Å². The summed E-state index contributed by atoms with van der Waals surface area (Å²) >= 11 is 0. The summed E-state index contributed by atoms with van der Waals surface area (Å²) in [5.41, 5.74) is 5.96. The van der Waals surface area contributed by atoms with Gasteiger partial charge < -0.3 is 17.3 Å². The number of halogens is 4. The molecule has 1 aromatic carbocycles. The van der Waals surface area contributed by atoms with Crippen molar-refractivity contribution in [2.24, 2.45) is 23.2 Å². The van der Waals surface area contributed by atoms with E-state index in [9.17, 15) is 17.3 Å². The van der Waals surface area contributed by atoms with Gasteiger partial charge in [0, 0.05) is 5.92 Å². The van der Waals surface area contributed by atoms with Crippen molar-refractivity contribution in [3.05, 3.63) is 47.5 Å². The van der Waals surface area contributed by atoms with E-state index in [-0.39, 0.29) is 0 Å². The standard InChI is InChI=1S/C22H31N2.BF4/c1-14-9-15(2)21(16(3)10-14)24-8-7-23(13-24)20-12-18-11-19(17(20)4)22(18,5)6;2-1(3,4)5/h7-10,13,17-20H,11-12H2,1-6H3;/q+1;-1/t17-,18+,19-,20?;/m0./s1. The molecule has 0 N–H and O–H groups in total. The molecule has 2 nitrogen and oxygen atoms in total.